The highest BCUT2D eigenvalue weighted by atomic mass is 32.2. The second-order valence-corrected chi connectivity index (χ2v) is 10.6. The predicted molar refractivity (Wildman–Crippen MR) is 95.8 cm³/mol. The average molecular weight is 329 g/mol. The van der Waals surface area contributed by atoms with E-state index in [1.807, 2.05) is 0 Å². The predicted octanol–water partition coefficient (Wildman–Crippen LogP) is 4.44. The van der Waals surface area contributed by atoms with Gasteiger partial charge in [0.05, 0.1) is 0 Å². The Morgan fingerprint density at radius 2 is 1.82 bits per heavy atom. The largest absolute Gasteiger partial charge is 0.161 e. The molecular formula is C12H24S5. The van der Waals surface area contributed by atoms with E-state index in [9.17, 15) is 0 Å². The van der Waals surface area contributed by atoms with Gasteiger partial charge in [-0.3, -0.25) is 0 Å². The van der Waals surface area contributed by atoms with E-state index < -0.39 is 0 Å². The zero-order valence-electron chi connectivity index (χ0n) is 10.9. The van der Waals surface area contributed by atoms with Gasteiger partial charge in [-0.2, -0.15) is 58.8 Å². The van der Waals surface area contributed by atoms with Crippen LogP contribution in [0.4, 0.5) is 0 Å². The van der Waals surface area contributed by atoms with E-state index in [0.29, 0.717) is 0 Å². The van der Waals surface area contributed by atoms with Gasteiger partial charge >= 0.3 is 0 Å². The van der Waals surface area contributed by atoms with Crippen molar-refractivity contribution in [3.8, 4) is 0 Å². The SMILES string of the molecule is CCSCCSCCSC(C)CSCC1CS1. The molecule has 0 saturated carbocycles. The molecule has 2 unspecified atom stereocenters. The van der Waals surface area contributed by atoms with Gasteiger partial charge in [0.15, 0.2) is 0 Å². The Kier molecular flexibility index (Phi) is 11.4. The Morgan fingerprint density at radius 1 is 1.12 bits per heavy atom. The quantitative estimate of drug-likeness (QED) is 0.382. The van der Waals surface area contributed by atoms with Gasteiger partial charge in [0.2, 0.25) is 0 Å². The standard InChI is InChI=1S/C12H24S5/c1-3-13-4-5-14-6-7-16-11(2)8-15-9-12-10-17-12/h11-12H,3-10H2,1-2H3. The molecule has 17 heavy (non-hydrogen) atoms. The second-order valence-electron chi connectivity index (χ2n) is 3.98. The third-order valence-corrected chi connectivity index (χ3v) is 8.61. The van der Waals surface area contributed by atoms with Gasteiger partial charge in [0.25, 0.3) is 0 Å². The maximum Gasteiger partial charge on any atom is 0.0229 e. The van der Waals surface area contributed by atoms with Crippen LogP contribution < -0.4 is 0 Å². The van der Waals surface area contributed by atoms with Crippen LogP contribution in [0, 0.1) is 0 Å². The first-order valence-electron chi connectivity index (χ1n) is 6.29. The van der Waals surface area contributed by atoms with Gasteiger partial charge in [-0.1, -0.05) is 13.8 Å². The number of thioether (sulfide) groups is 5. The van der Waals surface area contributed by atoms with Gasteiger partial charge in [0.1, 0.15) is 0 Å². The first-order chi connectivity index (χ1) is 8.33. The maximum atomic E-state index is 2.38. The van der Waals surface area contributed by atoms with E-state index in [0.717, 1.165) is 10.5 Å². The second kappa shape index (κ2) is 11.6. The Bertz CT molecular complexity index is 172. The van der Waals surface area contributed by atoms with E-state index in [1.54, 1.807) is 0 Å². The summed E-state index contributed by atoms with van der Waals surface area (Å²) in [5, 5.41) is 1.85. The summed E-state index contributed by atoms with van der Waals surface area (Å²) in [6.45, 7) is 4.62. The monoisotopic (exact) mass is 328 g/mol. The number of rotatable bonds is 12. The first-order valence-corrected chi connectivity index (χ1v) is 11.9. The summed E-state index contributed by atoms with van der Waals surface area (Å²) in [4.78, 5) is 0. The van der Waals surface area contributed by atoms with Crippen molar-refractivity contribution < 1.29 is 0 Å². The maximum absolute atomic E-state index is 2.38. The molecule has 1 aliphatic heterocycles. The van der Waals surface area contributed by atoms with Crippen LogP contribution in [0.1, 0.15) is 13.8 Å². The molecule has 0 aliphatic carbocycles. The lowest BCUT2D eigenvalue weighted by atomic mass is 10.6. The van der Waals surface area contributed by atoms with Crippen LogP contribution in [0.15, 0.2) is 0 Å². The fourth-order valence-corrected chi connectivity index (χ4v) is 6.54. The fraction of sp³-hybridized carbons (Fsp3) is 1.00. The molecule has 1 rings (SSSR count). The summed E-state index contributed by atoms with van der Waals surface area (Å²) in [7, 11) is 0. The third kappa shape index (κ3) is 11.3. The molecule has 0 spiro atoms. The summed E-state index contributed by atoms with van der Waals surface area (Å²) >= 11 is 10.6. The minimum absolute atomic E-state index is 0.842. The molecule has 1 aliphatic rings. The molecule has 102 valence electrons. The summed E-state index contributed by atoms with van der Waals surface area (Å²) in [5.74, 6) is 10.8. The van der Waals surface area contributed by atoms with Gasteiger partial charge in [0, 0.05) is 50.8 Å². The van der Waals surface area contributed by atoms with E-state index >= 15 is 0 Å². The molecule has 0 aromatic carbocycles. The molecule has 5 heteroatoms. The molecule has 0 radical (unpaired) electrons. The van der Waals surface area contributed by atoms with Crippen molar-refractivity contribution in [1.82, 2.24) is 0 Å². The lowest BCUT2D eigenvalue weighted by molar-refractivity contribution is 1.12. The fourth-order valence-electron chi connectivity index (χ4n) is 1.25. The molecule has 0 aromatic rings. The van der Waals surface area contributed by atoms with Crippen LogP contribution in [0.5, 0.6) is 0 Å². The van der Waals surface area contributed by atoms with Gasteiger partial charge < -0.3 is 0 Å². The van der Waals surface area contributed by atoms with Crippen LogP contribution in [0.25, 0.3) is 0 Å². The zero-order chi connectivity index (χ0) is 12.3. The highest BCUT2D eigenvalue weighted by molar-refractivity contribution is 8.09. The number of hydrogen-bond donors (Lipinski definition) is 0. The molecule has 0 amide bonds. The van der Waals surface area contributed by atoms with Crippen LogP contribution in [0.3, 0.4) is 0 Å². The molecule has 0 N–H and O–H groups in total. The minimum Gasteiger partial charge on any atom is -0.161 e. The van der Waals surface area contributed by atoms with E-state index in [-0.39, 0.29) is 0 Å². The molecule has 1 saturated heterocycles. The van der Waals surface area contributed by atoms with Gasteiger partial charge in [-0.05, 0) is 5.75 Å². The van der Waals surface area contributed by atoms with Crippen LogP contribution in [0.2, 0.25) is 0 Å². The van der Waals surface area contributed by atoms with E-state index in [2.05, 4.69) is 72.7 Å². The minimum atomic E-state index is 0.842. The average Bonchev–Trinajstić information content (AvgIpc) is 3.12. The molecular weight excluding hydrogens is 304 g/mol. The highest BCUT2D eigenvalue weighted by Crippen LogP contribution is 2.33. The Balaban J connectivity index is 1.74. The van der Waals surface area contributed by atoms with Crippen molar-refractivity contribution in [2.45, 2.75) is 24.3 Å². The van der Waals surface area contributed by atoms with Gasteiger partial charge in [-0.25, -0.2) is 0 Å². The number of hydrogen-bond acceptors (Lipinski definition) is 5. The summed E-state index contributed by atoms with van der Waals surface area (Å²) in [6.07, 6.45) is 0. The summed E-state index contributed by atoms with van der Waals surface area (Å²) < 4.78 is 0. The first kappa shape index (κ1) is 16.8. The molecule has 0 nitrogen and oxygen atoms in total. The van der Waals surface area contributed by atoms with Crippen molar-refractivity contribution in [2.75, 3.05) is 46.0 Å². The third-order valence-electron chi connectivity index (χ3n) is 2.26. The molecule has 0 aromatic heterocycles. The summed E-state index contributed by atoms with van der Waals surface area (Å²) in [5.41, 5.74) is 0. The van der Waals surface area contributed by atoms with Crippen molar-refractivity contribution in [1.29, 1.82) is 0 Å². The van der Waals surface area contributed by atoms with Crippen molar-refractivity contribution in [3.05, 3.63) is 0 Å². The molecule has 2 atom stereocenters. The van der Waals surface area contributed by atoms with Crippen molar-refractivity contribution >= 4 is 58.8 Å². The lowest BCUT2D eigenvalue weighted by Gasteiger charge is -2.10. The van der Waals surface area contributed by atoms with Crippen LogP contribution in [-0.2, 0) is 0 Å². The Morgan fingerprint density at radius 3 is 2.53 bits per heavy atom. The molecule has 1 fully saturated rings. The van der Waals surface area contributed by atoms with E-state index in [4.69, 9.17) is 0 Å². The highest BCUT2D eigenvalue weighted by Gasteiger charge is 2.21. The normalized spacial score (nSPS) is 20.5. The Hall–Kier alpha value is 1.75. The lowest BCUT2D eigenvalue weighted by Crippen LogP contribution is -2.04. The van der Waals surface area contributed by atoms with Crippen LogP contribution >= 0.6 is 58.8 Å². The zero-order valence-corrected chi connectivity index (χ0v) is 14.9. The topological polar surface area (TPSA) is 0 Å². The summed E-state index contributed by atoms with van der Waals surface area (Å²) in [6, 6.07) is 0. The molecule has 0 bridgehead atoms. The van der Waals surface area contributed by atoms with E-state index in [1.165, 1.54) is 46.0 Å². The van der Waals surface area contributed by atoms with Crippen molar-refractivity contribution in [2.24, 2.45) is 0 Å². The van der Waals surface area contributed by atoms with Gasteiger partial charge in [-0.15, -0.1) is 0 Å². The Labute approximate surface area is 128 Å². The van der Waals surface area contributed by atoms with Crippen LogP contribution in [-0.4, -0.2) is 56.5 Å². The molecule has 1 heterocycles. The smallest absolute Gasteiger partial charge is 0.0229 e. The van der Waals surface area contributed by atoms with Crippen molar-refractivity contribution in [3.63, 3.8) is 0 Å².